The van der Waals surface area contributed by atoms with Crippen molar-refractivity contribution in [1.29, 1.82) is 0 Å². The lowest BCUT2D eigenvalue weighted by molar-refractivity contribution is -0.132. The summed E-state index contributed by atoms with van der Waals surface area (Å²) >= 11 is 0. The summed E-state index contributed by atoms with van der Waals surface area (Å²) in [5.74, 6) is 3.15. The molecule has 0 bridgehead atoms. The molecule has 0 aliphatic carbocycles. The van der Waals surface area contributed by atoms with Gasteiger partial charge >= 0.3 is 0 Å². The van der Waals surface area contributed by atoms with E-state index in [1.54, 1.807) is 7.11 Å². The van der Waals surface area contributed by atoms with Crippen LogP contribution in [0, 0.1) is 5.92 Å². The van der Waals surface area contributed by atoms with Gasteiger partial charge in [-0.05, 0) is 49.3 Å². The van der Waals surface area contributed by atoms with E-state index in [2.05, 4.69) is 10.1 Å². The number of aromatic nitrogens is 2. The van der Waals surface area contributed by atoms with Crippen molar-refractivity contribution in [1.82, 2.24) is 15.0 Å². The van der Waals surface area contributed by atoms with Crippen LogP contribution in [0.15, 0.2) is 28.8 Å². The van der Waals surface area contributed by atoms with Crippen molar-refractivity contribution in [3.63, 3.8) is 0 Å². The van der Waals surface area contributed by atoms with Crippen molar-refractivity contribution in [2.45, 2.75) is 44.4 Å². The summed E-state index contributed by atoms with van der Waals surface area (Å²) in [4.78, 5) is 19.4. The lowest BCUT2D eigenvalue weighted by Crippen LogP contribution is -2.41. The van der Waals surface area contributed by atoms with Gasteiger partial charge in [-0.3, -0.25) is 4.79 Å². The number of methoxy groups -OCH3 is 1. The molecule has 1 aromatic carbocycles. The van der Waals surface area contributed by atoms with E-state index in [1.807, 2.05) is 29.2 Å². The number of hydrogen-bond acceptors (Lipinski definition) is 6. The fourth-order valence-electron chi connectivity index (χ4n) is 4.25. The number of ether oxygens (including phenoxy) is 2. The van der Waals surface area contributed by atoms with Gasteiger partial charge in [-0.25, -0.2) is 0 Å². The second kappa shape index (κ2) is 9.39. The van der Waals surface area contributed by atoms with Gasteiger partial charge in [0.05, 0.1) is 13.5 Å². The van der Waals surface area contributed by atoms with Crippen LogP contribution in [0.4, 0.5) is 0 Å². The Kier molecular flexibility index (Phi) is 6.44. The quantitative estimate of drug-likeness (QED) is 0.743. The maximum Gasteiger partial charge on any atom is 0.227 e. The Hall–Kier alpha value is -2.41. The molecule has 29 heavy (non-hydrogen) atoms. The van der Waals surface area contributed by atoms with Crippen LogP contribution >= 0.6 is 0 Å². The van der Waals surface area contributed by atoms with Crippen molar-refractivity contribution < 1.29 is 18.8 Å². The molecule has 2 aromatic rings. The topological polar surface area (TPSA) is 77.7 Å². The van der Waals surface area contributed by atoms with Crippen LogP contribution in [0.5, 0.6) is 5.75 Å². The Labute approximate surface area is 171 Å². The molecule has 7 nitrogen and oxygen atoms in total. The molecule has 3 heterocycles. The van der Waals surface area contributed by atoms with E-state index in [-0.39, 0.29) is 5.91 Å². The highest BCUT2D eigenvalue weighted by Crippen LogP contribution is 2.26. The summed E-state index contributed by atoms with van der Waals surface area (Å²) in [6, 6.07) is 7.71. The van der Waals surface area contributed by atoms with Crippen LogP contribution in [0.25, 0.3) is 0 Å². The van der Waals surface area contributed by atoms with E-state index >= 15 is 0 Å². The molecular weight excluding hydrogens is 370 g/mol. The minimum atomic E-state index is 0.163. The third-order valence-electron chi connectivity index (χ3n) is 5.89. The first-order chi connectivity index (χ1) is 14.2. The smallest absolute Gasteiger partial charge is 0.227 e. The van der Waals surface area contributed by atoms with Crippen molar-refractivity contribution in [2.24, 2.45) is 5.92 Å². The molecule has 156 valence electrons. The molecule has 0 radical (unpaired) electrons. The number of rotatable bonds is 6. The normalized spacial score (nSPS) is 20.6. The summed E-state index contributed by atoms with van der Waals surface area (Å²) in [5, 5.41) is 4.20. The molecule has 1 atom stereocenters. The molecule has 1 unspecified atom stereocenters. The van der Waals surface area contributed by atoms with Crippen molar-refractivity contribution >= 4 is 5.91 Å². The highest BCUT2D eigenvalue weighted by atomic mass is 16.5. The molecule has 2 aliphatic rings. The van der Waals surface area contributed by atoms with Crippen LogP contribution in [0.3, 0.4) is 0 Å². The molecule has 0 N–H and O–H groups in total. The second-order valence-electron chi connectivity index (χ2n) is 8.01. The maximum absolute atomic E-state index is 12.8. The summed E-state index contributed by atoms with van der Waals surface area (Å²) in [7, 11) is 1.64. The van der Waals surface area contributed by atoms with Crippen molar-refractivity contribution in [3.8, 4) is 5.75 Å². The van der Waals surface area contributed by atoms with Crippen LogP contribution in [0.1, 0.15) is 48.9 Å². The molecule has 1 aromatic heterocycles. The number of carbonyl (C=O) groups is 1. The average Bonchev–Trinajstić information content (AvgIpc) is 3.23. The maximum atomic E-state index is 12.8. The van der Waals surface area contributed by atoms with E-state index in [4.69, 9.17) is 14.0 Å². The predicted octanol–water partition coefficient (Wildman–Crippen LogP) is 3.00. The van der Waals surface area contributed by atoms with Gasteiger partial charge in [0.2, 0.25) is 11.8 Å². The third kappa shape index (κ3) is 5.15. The van der Waals surface area contributed by atoms with Crippen LogP contribution in [0.2, 0.25) is 0 Å². The largest absolute Gasteiger partial charge is 0.497 e. The molecule has 2 fully saturated rings. The van der Waals surface area contributed by atoms with E-state index in [0.717, 1.165) is 75.5 Å². The Morgan fingerprint density at radius 3 is 2.97 bits per heavy atom. The number of benzene rings is 1. The number of hydrogen-bond donors (Lipinski definition) is 0. The lowest BCUT2D eigenvalue weighted by Gasteiger charge is -2.32. The molecular formula is C22H29N3O4. The molecule has 1 amide bonds. The number of amides is 1. The summed E-state index contributed by atoms with van der Waals surface area (Å²) in [5.41, 5.74) is 0.981. The van der Waals surface area contributed by atoms with Gasteiger partial charge < -0.3 is 18.9 Å². The van der Waals surface area contributed by atoms with Gasteiger partial charge in [0.1, 0.15) is 5.75 Å². The molecule has 0 spiro atoms. The highest BCUT2D eigenvalue weighted by Gasteiger charge is 2.27. The Morgan fingerprint density at radius 1 is 1.28 bits per heavy atom. The Balaban J connectivity index is 1.32. The zero-order valence-electron chi connectivity index (χ0n) is 17.0. The molecule has 2 aliphatic heterocycles. The van der Waals surface area contributed by atoms with Gasteiger partial charge in [-0.15, -0.1) is 0 Å². The van der Waals surface area contributed by atoms with E-state index in [1.165, 1.54) is 0 Å². The highest BCUT2D eigenvalue weighted by molar-refractivity contribution is 5.79. The average molecular weight is 399 g/mol. The minimum Gasteiger partial charge on any atom is -0.497 e. The molecule has 2 saturated heterocycles. The van der Waals surface area contributed by atoms with E-state index in [0.29, 0.717) is 24.1 Å². The SMILES string of the molecule is COc1cccc(CC(=O)N2CCCC(Cc3nc(C4CCOCC4)no3)C2)c1. The number of piperidine rings is 1. The van der Waals surface area contributed by atoms with E-state index < -0.39 is 0 Å². The minimum absolute atomic E-state index is 0.163. The summed E-state index contributed by atoms with van der Waals surface area (Å²) in [6.45, 7) is 3.09. The van der Waals surface area contributed by atoms with Crippen LogP contribution in [-0.2, 0) is 22.4 Å². The lowest BCUT2D eigenvalue weighted by atomic mass is 9.94. The Bertz CT molecular complexity index is 816. The van der Waals surface area contributed by atoms with Crippen LogP contribution in [-0.4, -0.2) is 54.4 Å². The number of likely N-dealkylation sites (tertiary alicyclic amines) is 1. The predicted molar refractivity (Wildman–Crippen MR) is 107 cm³/mol. The monoisotopic (exact) mass is 399 g/mol. The van der Waals surface area contributed by atoms with Gasteiger partial charge in [-0.2, -0.15) is 4.98 Å². The number of nitrogens with zero attached hydrogens (tertiary/aromatic N) is 3. The zero-order valence-corrected chi connectivity index (χ0v) is 17.0. The van der Waals surface area contributed by atoms with E-state index in [9.17, 15) is 4.79 Å². The first-order valence-electron chi connectivity index (χ1n) is 10.5. The third-order valence-corrected chi connectivity index (χ3v) is 5.89. The van der Waals surface area contributed by atoms with Gasteiger partial charge in [0.25, 0.3) is 0 Å². The first-order valence-corrected chi connectivity index (χ1v) is 10.5. The van der Waals surface area contributed by atoms with Gasteiger partial charge in [-0.1, -0.05) is 17.3 Å². The first kappa shape index (κ1) is 19.9. The molecule has 4 rings (SSSR count). The summed E-state index contributed by atoms with van der Waals surface area (Å²) < 4.78 is 16.2. The second-order valence-corrected chi connectivity index (χ2v) is 8.01. The zero-order chi connectivity index (χ0) is 20.1. The van der Waals surface area contributed by atoms with Gasteiger partial charge in [0.15, 0.2) is 5.82 Å². The summed E-state index contributed by atoms with van der Waals surface area (Å²) in [6.07, 6.45) is 5.13. The van der Waals surface area contributed by atoms with Gasteiger partial charge in [0, 0.05) is 38.6 Å². The number of carbonyl (C=O) groups excluding carboxylic acids is 1. The standard InChI is InChI=1S/C22H29N3O4/c1-27-19-6-2-4-16(12-19)14-21(26)25-9-3-5-17(15-25)13-20-23-22(24-29-20)18-7-10-28-11-8-18/h2,4,6,12,17-18H,3,5,7-11,13-15H2,1H3. The fourth-order valence-corrected chi connectivity index (χ4v) is 4.25. The Morgan fingerprint density at radius 2 is 2.14 bits per heavy atom. The fraction of sp³-hybridized carbons (Fsp3) is 0.591. The van der Waals surface area contributed by atoms with Crippen molar-refractivity contribution in [3.05, 3.63) is 41.5 Å². The molecule has 7 heteroatoms. The molecule has 0 saturated carbocycles. The van der Waals surface area contributed by atoms with Crippen molar-refractivity contribution in [2.75, 3.05) is 33.4 Å². The van der Waals surface area contributed by atoms with Crippen LogP contribution < -0.4 is 4.74 Å².